The lowest BCUT2D eigenvalue weighted by Gasteiger charge is -2.20. The predicted molar refractivity (Wildman–Crippen MR) is 159 cm³/mol. The smallest absolute Gasteiger partial charge is 0.411 e. The Kier molecular flexibility index (Phi) is 9.11. The fraction of sp³-hybridized carbons (Fsp3) is 0.276. The Morgan fingerprint density at radius 2 is 2.05 bits per heavy atom. The molecule has 2 bridgehead atoms. The maximum absolute atomic E-state index is 13.1. The number of hydrogen-bond acceptors (Lipinski definition) is 8. The van der Waals surface area contributed by atoms with Gasteiger partial charge in [-0.05, 0) is 71.7 Å². The summed E-state index contributed by atoms with van der Waals surface area (Å²) in [7, 11) is 3.08. The Labute approximate surface area is 252 Å². The van der Waals surface area contributed by atoms with Gasteiger partial charge in [-0.25, -0.2) is 9.78 Å². The summed E-state index contributed by atoms with van der Waals surface area (Å²) < 4.78 is 6.20. The van der Waals surface area contributed by atoms with E-state index in [9.17, 15) is 14.4 Å². The summed E-state index contributed by atoms with van der Waals surface area (Å²) in [6.07, 6.45) is 7.63. The van der Waals surface area contributed by atoms with E-state index in [1.807, 2.05) is 12.1 Å². The highest BCUT2D eigenvalue weighted by molar-refractivity contribution is 6.30. The van der Waals surface area contributed by atoms with Crippen molar-refractivity contribution in [3.63, 3.8) is 0 Å². The highest BCUT2D eigenvalue weighted by Gasteiger charge is 2.22. The predicted octanol–water partition coefficient (Wildman–Crippen LogP) is 3.94. The van der Waals surface area contributed by atoms with Crippen LogP contribution in [0, 0.1) is 0 Å². The van der Waals surface area contributed by atoms with Gasteiger partial charge in [0.15, 0.2) is 0 Å². The SMILES string of the molecule is COC(=O)Nc1ccc2c(c1)CCCN(C)C(=O)CC[C@H](NC(=O)/C=C/c1cc(Cl)ccc1-n1cnnn1)c1nc-2c[nH]1. The molecule has 2 aromatic carbocycles. The van der Waals surface area contributed by atoms with Crippen molar-refractivity contribution in [1.29, 1.82) is 0 Å². The molecule has 222 valence electrons. The van der Waals surface area contributed by atoms with E-state index in [2.05, 4.69) is 31.1 Å². The number of carbonyl (C=O) groups excluding carboxylic acids is 3. The highest BCUT2D eigenvalue weighted by Crippen LogP contribution is 2.29. The number of halogens is 1. The average molecular weight is 604 g/mol. The fourth-order valence-electron chi connectivity index (χ4n) is 4.84. The molecular formula is C29H30ClN9O4. The molecule has 0 aliphatic carbocycles. The molecule has 0 fully saturated rings. The van der Waals surface area contributed by atoms with Gasteiger partial charge in [0, 0.05) is 54.1 Å². The van der Waals surface area contributed by atoms with Gasteiger partial charge in [-0.15, -0.1) is 5.10 Å². The van der Waals surface area contributed by atoms with Crippen molar-refractivity contribution in [2.45, 2.75) is 31.7 Å². The molecule has 3 amide bonds. The number of nitrogens with one attached hydrogen (secondary N) is 3. The largest absolute Gasteiger partial charge is 0.453 e. The van der Waals surface area contributed by atoms with Crippen molar-refractivity contribution in [2.75, 3.05) is 26.0 Å². The molecule has 1 aliphatic heterocycles. The van der Waals surface area contributed by atoms with Crippen molar-refractivity contribution in [2.24, 2.45) is 0 Å². The molecule has 2 aromatic heterocycles. The molecule has 14 heteroatoms. The van der Waals surface area contributed by atoms with Gasteiger partial charge in [0.2, 0.25) is 11.8 Å². The first kappa shape index (κ1) is 29.5. The van der Waals surface area contributed by atoms with Crippen molar-refractivity contribution in [3.05, 3.63) is 77.0 Å². The van der Waals surface area contributed by atoms with E-state index in [0.29, 0.717) is 52.9 Å². The molecule has 0 unspecified atom stereocenters. The Hall–Kier alpha value is -5.04. The van der Waals surface area contributed by atoms with Crippen LogP contribution in [0.4, 0.5) is 10.5 Å². The average Bonchev–Trinajstić information content (AvgIpc) is 3.71. The van der Waals surface area contributed by atoms with Gasteiger partial charge in [-0.3, -0.25) is 14.9 Å². The van der Waals surface area contributed by atoms with Crippen LogP contribution < -0.4 is 10.6 Å². The third-order valence-electron chi connectivity index (χ3n) is 7.07. The number of ether oxygens (including phenoxy) is 1. The van der Waals surface area contributed by atoms with Crippen LogP contribution in [-0.4, -0.2) is 73.7 Å². The Morgan fingerprint density at radius 1 is 1.19 bits per heavy atom. The van der Waals surface area contributed by atoms with Crippen LogP contribution in [-0.2, 0) is 20.7 Å². The van der Waals surface area contributed by atoms with Gasteiger partial charge >= 0.3 is 6.09 Å². The molecule has 0 spiro atoms. The zero-order chi connectivity index (χ0) is 30.3. The van der Waals surface area contributed by atoms with Gasteiger partial charge in [0.1, 0.15) is 12.2 Å². The van der Waals surface area contributed by atoms with E-state index in [1.54, 1.807) is 48.5 Å². The molecule has 1 atom stereocenters. The first-order valence-electron chi connectivity index (χ1n) is 13.6. The number of methoxy groups -OCH3 is 1. The number of fused-ring (bicyclic) bond motifs is 4. The number of rotatable bonds is 5. The third kappa shape index (κ3) is 7.25. The van der Waals surface area contributed by atoms with Gasteiger partial charge in [-0.1, -0.05) is 17.7 Å². The van der Waals surface area contributed by atoms with Crippen LogP contribution in [0.25, 0.3) is 23.0 Å². The molecule has 0 saturated carbocycles. The van der Waals surface area contributed by atoms with Crippen molar-refractivity contribution in [1.82, 2.24) is 40.4 Å². The number of aromatic amines is 1. The molecule has 43 heavy (non-hydrogen) atoms. The minimum absolute atomic E-state index is 0.0350. The van der Waals surface area contributed by atoms with Crippen molar-refractivity contribution < 1.29 is 19.1 Å². The maximum Gasteiger partial charge on any atom is 0.411 e. The molecule has 3 heterocycles. The van der Waals surface area contributed by atoms with Crippen LogP contribution in [0.15, 0.2) is 55.0 Å². The summed E-state index contributed by atoms with van der Waals surface area (Å²) in [6, 6.07) is 10.2. The lowest BCUT2D eigenvalue weighted by atomic mass is 9.99. The number of imidazole rings is 1. The molecule has 3 N–H and O–H groups in total. The normalized spacial score (nSPS) is 15.7. The van der Waals surface area contributed by atoms with E-state index in [0.717, 1.165) is 17.5 Å². The van der Waals surface area contributed by atoms with Crippen LogP contribution in [0.5, 0.6) is 0 Å². The second kappa shape index (κ2) is 13.3. The first-order valence-corrected chi connectivity index (χ1v) is 14.0. The number of nitrogens with zero attached hydrogens (tertiary/aromatic N) is 6. The number of anilines is 1. The molecule has 5 rings (SSSR count). The number of carbonyl (C=O) groups is 3. The van der Waals surface area contributed by atoms with E-state index >= 15 is 0 Å². The number of aromatic nitrogens is 6. The van der Waals surface area contributed by atoms with Crippen LogP contribution in [0.2, 0.25) is 5.02 Å². The fourth-order valence-corrected chi connectivity index (χ4v) is 5.02. The topological polar surface area (TPSA) is 160 Å². The molecule has 0 radical (unpaired) electrons. The standard InChI is InChI=1S/C29H30ClN9O4/c1-38-13-3-4-18-15-21(33-29(42)43-2)7-8-22(18)24-16-31-28(35-24)23(9-12-27(38)41)34-26(40)11-5-19-14-20(30)6-10-25(19)39-17-32-36-37-39/h5-8,10-11,14-17,23H,3-4,9,12-13H2,1-2H3,(H,31,35)(H,33,42)(H,34,40)/b11-5+/t23-/m0/s1. The van der Waals surface area contributed by atoms with E-state index in [-0.39, 0.29) is 18.2 Å². The Morgan fingerprint density at radius 3 is 2.84 bits per heavy atom. The van der Waals surface area contributed by atoms with E-state index in [1.165, 1.54) is 24.2 Å². The van der Waals surface area contributed by atoms with Crippen molar-refractivity contribution >= 4 is 41.3 Å². The molecule has 4 aromatic rings. The quantitative estimate of drug-likeness (QED) is 0.289. The maximum atomic E-state index is 13.1. The Balaban J connectivity index is 1.41. The van der Waals surface area contributed by atoms with Crippen LogP contribution in [0.1, 0.15) is 42.3 Å². The number of aryl methyl sites for hydroxylation is 1. The lowest BCUT2D eigenvalue weighted by Crippen LogP contribution is -2.31. The monoisotopic (exact) mass is 603 g/mol. The highest BCUT2D eigenvalue weighted by atomic mass is 35.5. The van der Waals surface area contributed by atoms with Gasteiger partial charge in [-0.2, -0.15) is 4.68 Å². The summed E-state index contributed by atoms with van der Waals surface area (Å²) in [5, 5.41) is 17.4. The number of amides is 3. The second-order valence-corrected chi connectivity index (χ2v) is 10.4. The number of tetrazole rings is 1. The van der Waals surface area contributed by atoms with Crippen LogP contribution in [0.3, 0.4) is 0 Å². The minimum Gasteiger partial charge on any atom is -0.453 e. The lowest BCUT2D eigenvalue weighted by molar-refractivity contribution is -0.130. The summed E-state index contributed by atoms with van der Waals surface area (Å²) in [5.74, 6) is 0.105. The van der Waals surface area contributed by atoms with Crippen LogP contribution >= 0.6 is 11.6 Å². The summed E-state index contributed by atoms with van der Waals surface area (Å²) in [5.41, 5.74) is 4.40. The zero-order valence-corrected chi connectivity index (χ0v) is 24.3. The van der Waals surface area contributed by atoms with Gasteiger partial charge in [0.05, 0.1) is 24.5 Å². The minimum atomic E-state index is -0.564. The molecule has 0 saturated heterocycles. The second-order valence-electron chi connectivity index (χ2n) is 9.97. The Bertz CT molecular complexity index is 1650. The van der Waals surface area contributed by atoms with E-state index in [4.69, 9.17) is 21.3 Å². The number of H-pyrrole nitrogens is 1. The number of benzene rings is 2. The third-order valence-corrected chi connectivity index (χ3v) is 7.30. The summed E-state index contributed by atoms with van der Waals surface area (Å²) in [6.45, 7) is 0.557. The molecular weight excluding hydrogens is 574 g/mol. The summed E-state index contributed by atoms with van der Waals surface area (Å²) >= 11 is 6.20. The molecule has 13 nitrogen and oxygen atoms in total. The van der Waals surface area contributed by atoms with Gasteiger partial charge in [0.25, 0.3) is 0 Å². The van der Waals surface area contributed by atoms with Gasteiger partial charge < -0.3 is 19.9 Å². The summed E-state index contributed by atoms with van der Waals surface area (Å²) in [4.78, 5) is 47.5. The molecule has 1 aliphatic rings. The number of hydrogen-bond donors (Lipinski definition) is 3. The van der Waals surface area contributed by atoms with Crippen molar-refractivity contribution in [3.8, 4) is 16.9 Å². The zero-order valence-electron chi connectivity index (χ0n) is 23.6. The van der Waals surface area contributed by atoms with E-state index < -0.39 is 12.1 Å². The first-order chi connectivity index (χ1) is 20.8.